The number of para-hydroxylation sites is 1. The number of anilines is 1. The highest BCUT2D eigenvalue weighted by atomic mass is 32.2. The van der Waals surface area contributed by atoms with E-state index >= 15 is 0 Å². The van der Waals surface area contributed by atoms with Crippen LogP contribution in [0.15, 0.2) is 30.3 Å². The first-order chi connectivity index (χ1) is 10.00. The van der Waals surface area contributed by atoms with E-state index in [4.69, 9.17) is 10.00 Å². The Hall–Kier alpha value is -1.91. The molecule has 0 aliphatic heterocycles. The molecule has 1 rings (SSSR count). The highest BCUT2D eigenvalue weighted by Gasteiger charge is 2.22. The second-order valence-corrected chi connectivity index (χ2v) is 6.56. The molecule has 7 heteroatoms. The van der Waals surface area contributed by atoms with Crippen molar-refractivity contribution in [1.29, 1.82) is 5.26 Å². The van der Waals surface area contributed by atoms with Crippen molar-refractivity contribution in [2.75, 3.05) is 36.7 Å². The van der Waals surface area contributed by atoms with Gasteiger partial charge in [-0.3, -0.25) is 4.79 Å². The normalized spacial score (nSPS) is 10.9. The van der Waals surface area contributed by atoms with Crippen LogP contribution < -0.4 is 4.90 Å². The van der Waals surface area contributed by atoms with Crippen LogP contribution in [-0.2, 0) is 19.4 Å². The number of carbonyl (C=O) groups excluding carboxylic acids is 1. The molecule has 0 spiro atoms. The summed E-state index contributed by atoms with van der Waals surface area (Å²) in [5.41, 5.74) is 0.583. The van der Waals surface area contributed by atoms with Gasteiger partial charge in [0.25, 0.3) is 0 Å². The smallest absolute Gasteiger partial charge is 0.242 e. The van der Waals surface area contributed by atoms with Crippen LogP contribution >= 0.6 is 0 Å². The van der Waals surface area contributed by atoms with Crippen molar-refractivity contribution < 1.29 is 17.9 Å². The molecule has 1 aromatic carbocycles. The molecule has 0 aliphatic carbocycles. The largest absolute Gasteiger partial charge is 0.384 e. The van der Waals surface area contributed by atoms with Crippen LogP contribution in [0.5, 0.6) is 0 Å². The Labute approximate surface area is 124 Å². The molecular weight excluding hydrogens is 292 g/mol. The van der Waals surface area contributed by atoms with Crippen molar-refractivity contribution in [2.24, 2.45) is 0 Å². The predicted octanol–water partition coefficient (Wildman–Crippen LogP) is 0.994. The first kappa shape index (κ1) is 17.1. The highest BCUT2D eigenvalue weighted by molar-refractivity contribution is 7.92. The highest BCUT2D eigenvalue weighted by Crippen LogP contribution is 2.14. The number of methoxy groups -OCH3 is 1. The summed E-state index contributed by atoms with van der Waals surface area (Å²) in [7, 11) is -2.12. The van der Waals surface area contributed by atoms with Crippen LogP contribution in [0.25, 0.3) is 0 Å². The van der Waals surface area contributed by atoms with E-state index in [9.17, 15) is 13.2 Å². The fourth-order valence-corrected chi connectivity index (χ4v) is 2.81. The van der Waals surface area contributed by atoms with Crippen molar-refractivity contribution >= 4 is 21.4 Å². The number of benzene rings is 1. The number of nitrogens with zero attached hydrogens (tertiary/aromatic N) is 2. The summed E-state index contributed by atoms with van der Waals surface area (Å²) in [5, 5.41) is 8.67. The zero-order valence-corrected chi connectivity index (χ0v) is 12.7. The third kappa shape index (κ3) is 5.94. The monoisotopic (exact) mass is 310 g/mol. The number of ether oxygens (including phenoxy) is 1. The number of hydrogen-bond acceptors (Lipinski definition) is 5. The molecule has 0 saturated carbocycles. The van der Waals surface area contributed by atoms with Crippen molar-refractivity contribution in [3.63, 3.8) is 0 Å². The molecule has 114 valence electrons. The molecule has 0 unspecified atom stereocenters. The van der Waals surface area contributed by atoms with Crippen molar-refractivity contribution in [2.45, 2.75) is 6.42 Å². The first-order valence-electron chi connectivity index (χ1n) is 6.42. The lowest BCUT2D eigenvalue weighted by atomic mass is 10.2. The summed E-state index contributed by atoms with van der Waals surface area (Å²) in [5.74, 6) is -1.32. The number of nitriles is 1. The van der Waals surface area contributed by atoms with E-state index in [0.717, 1.165) is 0 Å². The maximum Gasteiger partial charge on any atom is 0.242 e. The fraction of sp³-hybridized carbons (Fsp3) is 0.429. The number of amides is 1. The standard InChI is InChI=1S/C14H18N2O4S/c1-20-10-11-21(18,19)12-14(17)16(9-5-8-15)13-6-3-2-4-7-13/h2-4,6-7H,5,9-12H2,1H3. The van der Waals surface area contributed by atoms with E-state index in [0.29, 0.717) is 5.69 Å². The molecule has 1 aromatic rings. The average Bonchev–Trinajstić information content (AvgIpc) is 2.46. The van der Waals surface area contributed by atoms with Gasteiger partial charge in [-0.2, -0.15) is 5.26 Å². The molecule has 0 radical (unpaired) electrons. The lowest BCUT2D eigenvalue weighted by molar-refractivity contribution is -0.116. The van der Waals surface area contributed by atoms with Crippen LogP contribution in [0.3, 0.4) is 0 Å². The molecule has 6 nitrogen and oxygen atoms in total. The molecule has 0 bridgehead atoms. The summed E-state index contributed by atoms with van der Waals surface area (Å²) < 4.78 is 28.4. The minimum absolute atomic E-state index is 0.0547. The number of sulfone groups is 1. The summed E-state index contributed by atoms with van der Waals surface area (Å²) in [4.78, 5) is 13.6. The minimum atomic E-state index is -3.52. The number of carbonyl (C=O) groups is 1. The SMILES string of the molecule is COCCS(=O)(=O)CC(=O)N(CCC#N)c1ccccc1. The van der Waals surface area contributed by atoms with E-state index in [1.54, 1.807) is 30.3 Å². The lowest BCUT2D eigenvalue weighted by Gasteiger charge is -2.21. The van der Waals surface area contributed by atoms with Gasteiger partial charge in [-0.05, 0) is 12.1 Å². The molecule has 0 N–H and O–H groups in total. The Morgan fingerprint density at radius 2 is 2.00 bits per heavy atom. The van der Waals surface area contributed by atoms with Gasteiger partial charge in [-0.1, -0.05) is 18.2 Å². The number of rotatable bonds is 8. The maximum atomic E-state index is 12.2. The molecular formula is C14H18N2O4S. The fourth-order valence-electron chi connectivity index (χ4n) is 1.72. The molecule has 0 aliphatic rings. The van der Waals surface area contributed by atoms with Gasteiger partial charge in [0.15, 0.2) is 9.84 Å². The van der Waals surface area contributed by atoms with E-state index in [-0.39, 0.29) is 25.3 Å². The zero-order valence-electron chi connectivity index (χ0n) is 11.9. The summed E-state index contributed by atoms with van der Waals surface area (Å²) in [6, 6.07) is 10.7. The summed E-state index contributed by atoms with van der Waals surface area (Å²) >= 11 is 0. The van der Waals surface area contributed by atoms with Gasteiger partial charge in [-0.15, -0.1) is 0 Å². The van der Waals surface area contributed by atoms with E-state index in [1.165, 1.54) is 12.0 Å². The Bertz CT molecular complexity index is 593. The Balaban J connectivity index is 2.84. The van der Waals surface area contributed by atoms with Gasteiger partial charge in [0.1, 0.15) is 5.75 Å². The van der Waals surface area contributed by atoms with E-state index in [2.05, 4.69) is 0 Å². The average molecular weight is 310 g/mol. The van der Waals surface area contributed by atoms with Crippen molar-refractivity contribution in [3.8, 4) is 6.07 Å². The molecule has 21 heavy (non-hydrogen) atoms. The zero-order chi connectivity index (χ0) is 15.7. The van der Waals surface area contributed by atoms with Gasteiger partial charge >= 0.3 is 0 Å². The molecule has 0 atom stereocenters. The van der Waals surface area contributed by atoms with E-state index < -0.39 is 21.5 Å². The minimum Gasteiger partial charge on any atom is -0.384 e. The van der Waals surface area contributed by atoms with Gasteiger partial charge in [0.05, 0.1) is 24.8 Å². The first-order valence-corrected chi connectivity index (χ1v) is 8.24. The quantitative estimate of drug-likeness (QED) is 0.714. The van der Waals surface area contributed by atoms with Crippen LogP contribution in [-0.4, -0.2) is 46.1 Å². The second-order valence-electron chi connectivity index (χ2n) is 4.37. The molecule has 0 fully saturated rings. The molecule has 1 amide bonds. The van der Waals surface area contributed by atoms with Gasteiger partial charge < -0.3 is 9.64 Å². The van der Waals surface area contributed by atoms with Crippen molar-refractivity contribution in [1.82, 2.24) is 0 Å². The lowest BCUT2D eigenvalue weighted by Crippen LogP contribution is -2.37. The molecule has 0 saturated heterocycles. The summed E-state index contributed by atoms with van der Waals surface area (Å²) in [6.45, 7) is 0.221. The molecule has 0 aromatic heterocycles. The third-order valence-corrected chi connectivity index (χ3v) is 4.23. The molecule has 0 heterocycles. The van der Waals surface area contributed by atoms with Crippen LogP contribution in [0, 0.1) is 11.3 Å². The maximum absolute atomic E-state index is 12.2. The van der Waals surface area contributed by atoms with Gasteiger partial charge in [0.2, 0.25) is 5.91 Å². The third-order valence-electron chi connectivity index (χ3n) is 2.76. The Morgan fingerprint density at radius 1 is 1.33 bits per heavy atom. The Morgan fingerprint density at radius 3 is 2.57 bits per heavy atom. The van der Waals surface area contributed by atoms with Crippen LogP contribution in [0.4, 0.5) is 5.69 Å². The second kappa shape index (κ2) is 8.39. The summed E-state index contributed by atoms with van der Waals surface area (Å²) in [6.07, 6.45) is 0.138. The van der Waals surface area contributed by atoms with Crippen molar-refractivity contribution in [3.05, 3.63) is 30.3 Å². The Kier molecular flexibility index (Phi) is 6.85. The van der Waals surface area contributed by atoms with Gasteiger partial charge in [-0.25, -0.2) is 8.42 Å². The van der Waals surface area contributed by atoms with E-state index in [1.807, 2.05) is 6.07 Å². The number of hydrogen-bond donors (Lipinski definition) is 0. The topological polar surface area (TPSA) is 87.5 Å². The van der Waals surface area contributed by atoms with Crippen LogP contribution in [0.2, 0.25) is 0 Å². The van der Waals surface area contributed by atoms with Crippen LogP contribution in [0.1, 0.15) is 6.42 Å². The predicted molar refractivity (Wildman–Crippen MR) is 79.6 cm³/mol. The van der Waals surface area contributed by atoms with Gasteiger partial charge in [0, 0.05) is 19.3 Å².